The number of hydrogen-bond donors (Lipinski definition) is 5. The quantitative estimate of drug-likeness (QED) is 0.330. The fourth-order valence-electron chi connectivity index (χ4n) is 0.402. The molecule has 0 aromatic heterocycles. The van der Waals surface area contributed by atoms with Crippen LogP contribution in [0.25, 0.3) is 0 Å². The fourth-order valence-corrected chi connectivity index (χ4v) is 0.402. The molecule has 0 radical (unpaired) electrons. The summed E-state index contributed by atoms with van der Waals surface area (Å²) in [5, 5.41) is 31.1. The molecule has 19 heavy (non-hydrogen) atoms. The van der Waals surface area contributed by atoms with Gasteiger partial charge in [0.1, 0.15) is 6.04 Å². The van der Waals surface area contributed by atoms with Crippen LogP contribution in [0.15, 0.2) is 0 Å². The minimum absolute atomic E-state index is 0. The van der Waals surface area contributed by atoms with E-state index >= 15 is 0 Å². The SMILES string of the molecule is CC(=O)O.CC(=O)O.NC(CCC(=O)O)C(=O)O.[H-].[Na+]. The van der Waals surface area contributed by atoms with Gasteiger partial charge in [0.25, 0.3) is 11.9 Å². The Morgan fingerprint density at radius 2 is 1.26 bits per heavy atom. The van der Waals surface area contributed by atoms with E-state index in [2.05, 4.69) is 0 Å². The number of rotatable bonds is 4. The molecule has 6 N–H and O–H groups in total. The van der Waals surface area contributed by atoms with Crippen LogP contribution in [0, 0.1) is 0 Å². The summed E-state index contributed by atoms with van der Waals surface area (Å²) in [5.74, 6) is -3.86. The summed E-state index contributed by atoms with van der Waals surface area (Å²) >= 11 is 0. The molecule has 1 atom stereocenters. The van der Waals surface area contributed by atoms with E-state index in [9.17, 15) is 9.59 Å². The summed E-state index contributed by atoms with van der Waals surface area (Å²) in [6.45, 7) is 2.17. The van der Waals surface area contributed by atoms with Gasteiger partial charge in [-0.1, -0.05) is 0 Å². The van der Waals surface area contributed by atoms with Crippen molar-refractivity contribution in [1.29, 1.82) is 0 Å². The molecule has 108 valence electrons. The second kappa shape index (κ2) is 16.8. The molecule has 0 bridgehead atoms. The molecule has 0 aliphatic carbocycles. The molecule has 1 unspecified atom stereocenters. The van der Waals surface area contributed by atoms with Crippen molar-refractivity contribution in [2.75, 3.05) is 0 Å². The summed E-state index contributed by atoms with van der Waals surface area (Å²) in [6, 6.07) is -1.06. The largest absolute Gasteiger partial charge is 1.00 e. The topological polar surface area (TPSA) is 175 Å². The first-order valence-electron chi connectivity index (χ1n) is 4.59. The van der Waals surface area contributed by atoms with Gasteiger partial charge < -0.3 is 27.6 Å². The molecule has 0 aromatic rings. The van der Waals surface area contributed by atoms with Gasteiger partial charge in [-0.2, -0.15) is 0 Å². The van der Waals surface area contributed by atoms with Gasteiger partial charge in [-0.15, -0.1) is 0 Å². The number of hydrogen-bond acceptors (Lipinski definition) is 5. The van der Waals surface area contributed by atoms with Gasteiger partial charge in [-0.25, -0.2) is 0 Å². The molecule has 0 saturated carbocycles. The summed E-state index contributed by atoms with van der Waals surface area (Å²) < 4.78 is 0. The van der Waals surface area contributed by atoms with Crippen molar-refractivity contribution in [3.63, 3.8) is 0 Å². The number of carboxylic acids is 4. The van der Waals surface area contributed by atoms with Gasteiger partial charge in [0.15, 0.2) is 0 Å². The van der Waals surface area contributed by atoms with Crippen LogP contribution in [-0.2, 0) is 19.2 Å². The van der Waals surface area contributed by atoms with Crippen LogP contribution in [-0.4, -0.2) is 50.3 Å². The van der Waals surface area contributed by atoms with Crippen LogP contribution in [0.5, 0.6) is 0 Å². The second-order valence-corrected chi connectivity index (χ2v) is 2.92. The molecule has 9 nitrogen and oxygen atoms in total. The van der Waals surface area contributed by atoms with Gasteiger partial charge in [0, 0.05) is 20.3 Å². The summed E-state index contributed by atoms with van der Waals surface area (Å²) in [7, 11) is 0. The standard InChI is InChI=1S/C5H9NO4.2C2H4O2.Na.H/c6-3(5(9)10)1-2-4(7)8;2*1-2(3)4;;/h3H,1-2,6H2,(H,7,8)(H,9,10);2*1H3,(H,3,4);;/q;;;+1;-1. The first-order valence-corrected chi connectivity index (χ1v) is 4.59. The van der Waals surface area contributed by atoms with Crippen LogP contribution in [0.1, 0.15) is 28.1 Å². The fraction of sp³-hybridized carbons (Fsp3) is 0.556. The average Bonchev–Trinajstić information content (AvgIpc) is 2.11. The number of nitrogens with two attached hydrogens (primary N) is 1. The van der Waals surface area contributed by atoms with E-state index in [1.807, 2.05) is 0 Å². The van der Waals surface area contributed by atoms with Gasteiger partial charge in [-0.05, 0) is 6.42 Å². The third-order valence-corrected chi connectivity index (χ3v) is 0.986. The molecule has 0 fully saturated rings. The Morgan fingerprint density at radius 3 is 1.42 bits per heavy atom. The maximum Gasteiger partial charge on any atom is 1.00 e. The summed E-state index contributed by atoms with van der Waals surface area (Å²) in [4.78, 5) is 37.9. The van der Waals surface area contributed by atoms with Gasteiger partial charge in [0.05, 0.1) is 0 Å². The van der Waals surface area contributed by atoms with E-state index in [1.165, 1.54) is 0 Å². The van der Waals surface area contributed by atoms with Crippen LogP contribution in [0.4, 0.5) is 0 Å². The smallest absolute Gasteiger partial charge is 1.00 e. The zero-order valence-corrected chi connectivity index (χ0v) is 13.0. The Morgan fingerprint density at radius 1 is 1.00 bits per heavy atom. The monoisotopic (exact) mass is 291 g/mol. The molecule has 0 aliphatic heterocycles. The van der Waals surface area contributed by atoms with E-state index in [0.717, 1.165) is 13.8 Å². The molecule has 0 aromatic carbocycles. The molecule has 10 heteroatoms. The van der Waals surface area contributed by atoms with E-state index in [-0.39, 0.29) is 43.8 Å². The van der Waals surface area contributed by atoms with Gasteiger partial charge >= 0.3 is 41.5 Å². The van der Waals surface area contributed by atoms with Crippen LogP contribution >= 0.6 is 0 Å². The van der Waals surface area contributed by atoms with E-state index in [0.29, 0.717) is 0 Å². The van der Waals surface area contributed by atoms with Crippen molar-refractivity contribution in [1.82, 2.24) is 0 Å². The maximum atomic E-state index is 9.99. The Balaban J connectivity index is -0.0000000637. The number of aliphatic carboxylic acids is 4. The maximum absolute atomic E-state index is 9.99. The molecule has 0 rings (SSSR count). The Bertz CT molecular complexity index is 280. The third kappa shape index (κ3) is 60.3. The number of carboxylic acid groups (broad SMARTS) is 4. The molecule has 0 spiro atoms. The second-order valence-electron chi connectivity index (χ2n) is 2.92. The van der Waals surface area contributed by atoms with Crippen LogP contribution in [0.2, 0.25) is 0 Å². The Hall–Kier alpha value is -1.16. The zero-order valence-electron chi connectivity index (χ0n) is 12.0. The molecule has 0 saturated heterocycles. The molecular formula is C9H18NNaO8. The Labute approximate surface area is 133 Å². The van der Waals surface area contributed by atoms with E-state index in [4.69, 9.17) is 35.7 Å². The van der Waals surface area contributed by atoms with E-state index in [1.54, 1.807) is 0 Å². The molecule has 0 amide bonds. The van der Waals surface area contributed by atoms with Crippen LogP contribution in [0.3, 0.4) is 0 Å². The molecule has 0 aliphatic rings. The van der Waals surface area contributed by atoms with Crippen molar-refractivity contribution >= 4 is 23.9 Å². The zero-order chi connectivity index (χ0) is 15.3. The van der Waals surface area contributed by atoms with Gasteiger partial charge in [0.2, 0.25) is 0 Å². The van der Waals surface area contributed by atoms with Gasteiger partial charge in [-0.3, -0.25) is 19.2 Å². The first-order chi connectivity index (χ1) is 8.00. The normalized spacial score (nSPS) is 9.21. The first kappa shape index (κ1) is 26.4. The average molecular weight is 291 g/mol. The minimum Gasteiger partial charge on any atom is -1.00 e. The van der Waals surface area contributed by atoms with Crippen molar-refractivity contribution < 1.29 is 70.6 Å². The predicted octanol–water partition coefficient (Wildman–Crippen LogP) is -3.44. The molecule has 0 heterocycles. The van der Waals surface area contributed by atoms with Crippen LogP contribution < -0.4 is 35.3 Å². The van der Waals surface area contributed by atoms with Crippen molar-refractivity contribution in [2.45, 2.75) is 32.7 Å². The number of carbonyl (C=O) groups is 4. The Kier molecular flexibility index (Phi) is 23.4. The minimum atomic E-state index is -1.17. The van der Waals surface area contributed by atoms with Crippen molar-refractivity contribution in [3.05, 3.63) is 0 Å². The predicted molar refractivity (Wildman–Crippen MR) is 60.2 cm³/mol. The van der Waals surface area contributed by atoms with Crippen molar-refractivity contribution in [3.8, 4) is 0 Å². The third-order valence-electron chi connectivity index (χ3n) is 0.986. The molecular weight excluding hydrogens is 273 g/mol. The summed E-state index contributed by atoms with van der Waals surface area (Å²) in [5.41, 5.74) is 5.00. The summed E-state index contributed by atoms with van der Waals surface area (Å²) in [6.07, 6.45) is -0.224. The van der Waals surface area contributed by atoms with E-state index < -0.39 is 29.9 Å². The van der Waals surface area contributed by atoms with Crippen molar-refractivity contribution in [2.24, 2.45) is 5.73 Å².